The van der Waals surface area contributed by atoms with E-state index in [1.54, 1.807) is 12.0 Å². The van der Waals surface area contributed by atoms with Gasteiger partial charge < -0.3 is 9.64 Å². The smallest absolute Gasteiger partial charge is 0.254 e. The first-order valence-corrected chi connectivity index (χ1v) is 14.7. The second-order valence-electron chi connectivity index (χ2n) is 11.5. The van der Waals surface area contributed by atoms with Gasteiger partial charge >= 0.3 is 0 Å². The molecular weight excluding hydrogens is 502 g/mol. The fourth-order valence-electron chi connectivity index (χ4n) is 6.71. The molecular formula is C33H37N3O4. The van der Waals surface area contributed by atoms with Crippen molar-refractivity contribution in [2.75, 3.05) is 20.2 Å². The quantitative estimate of drug-likeness (QED) is 0.365. The lowest BCUT2D eigenvalue weighted by molar-refractivity contribution is -0.140. The van der Waals surface area contributed by atoms with Crippen LogP contribution in [0, 0.1) is 11.8 Å². The van der Waals surface area contributed by atoms with Crippen LogP contribution >= 0.6 is 0 Å². The molecule has 0 radical (unpaired) electrons. The Hall–Kier alpha value is -3.74. The summed E-state index contributed by atoms with van der Waals surface area (Å²) in [5.41, 5.74) is 4.40. The number of hydrogen-bond donors (Lipinski definition) is 0. The number of rotatable bonds is 5. The Morgan fingerprint density at radius 2 is 1.60 bits per heavy atom. The van der Waals surface area contributed by atoms with E-state index < -0.39 is 0 Å². The average Bonchev–Trinajstić information content (AvgIpc) is 3.25. The number of nitrogens with zero attached hydrogens (tertiary/aromatic N) is 3. The van der Waals surface area contributed by atoms with Gasteiger partial charge in [0.25, 0.3) is 5.91 Å². The van der Waals surface area contributed by atoms with Crippen LogP contribution in [0.15, 0.2) is 59.7 Å². The first-order valence-electron chi connectivity index (χ1n) is 14.7. The largest absolute Gasteiger partial charge is 0.496 e. The summed E-state index contributed by atoms with van der Waals surface area (Å²) in [7, 11) is 1.66. The van der Waals surface area contributed by atoms with Gasteiger partial charge in [-0.25, -0.2) is 5.01 Å². The van der Waals surface area contributed by atoms with Crippen LogP contribution in [0.4, 0.5) is 0 Å². The maximum Gasteiger partial charge on any atom is 0.254 e. The van der Waals surface area contributed by atoms with Gasteiger partial charge in [0.15, 0.2) is 5.78 Å². The van der Waals surface area contributed by atoms with Crippen LogP contribution in [0.2, 0.25) is 0 Å². The molecule has 2 atom stereocenters. The van der Waals surface area contributed by atoms with Gasteiger partial charge in [0.2, 0.25) is 5.91 Å². The van der Waals surface area contributed by atoms with Crippen LogP contribution in [0.1, 0.15) is 73.7 Å². The van der Waals surface area contributed by atoms with Crippen molar-refractivity contribution in [3.8, 4) is 16.9 Å². The molecule has 0 N–H and O–H groups in total. The van der Waals surface area contributed by atoms with Crippen LogP contribution < -0.4 is 4.74 Å². The van der Waals surface area contributed by atoms with E-state index in [-0.39, 0.29) is 42.0 Å². The third-order valence-electron chi connectivity index (χ3n) is 8.97. The van der Waals surface area contributed by atoms with Crippen LogP contribution in [-0.4, -0.2) is 59.5 Å². The van der Waals surface area contributed by atoms with Crippen LogP contribution in [-0.2, 0) is 9.59 Å². The van der Waals surface area contributed by atoms with Crippen molar-refractivity contribution in [1.29, 1.82) is 0 Å². The molecule has 2 fully saturated rings. The lowest BCUT2D eigenvalue weighted by atomic mass is 9.76. The molecule has 0 bridgehead atoms. The third kappa shape index (κ3) is 5.09. The summed E-state index contributed by atoms with van der Waals surface area (Å²) in [6.45, 7) is 0.672. The van der Waals surface area contributed by atoms with Gasteiger partial charge in [-0.3, -0.25) is 14.4 Å². The van der Waals surface area contributed by atoms with Crippen LogP contribution in [0.3, 0.4) is 0 Å². The molecule has 2 aromatic carbocycles. The number of hydrazone groups is 1. The zero-order valence-electron chi connectivity index (χ0n) is 23.2. The number of amides is 2. The fourth-order valence-corrected chi connectivity index (χ4v) is 6.71. The molecule has 2 aromatic rings. The second-order valence-corrected chi connectivity index (χ2v) is 11.5. The number of benzene rings is 2. The molecule has 2 amide bonds. The summed E-state index contributed by atoms with van der Waals surface area (Å²) in [6.07, 6.45) is 13.1. The zero-order chi connectivity index (χ0) is 27.6. The SMILES string of the molecule is COc1ccc(C2=NN(C3CCCCCC3)C(=O)[C@@H]3CC=CC[C@H]23)cc1-c1ccc(C(=O)N2CCC(=O)C2)cc1. The van der Waals surface area contributed by atoms with Gasteiger partial charge in [-0.2, -0.15) is 5.10 Å². The number of likely N-dealkylation sites (tertiary alicyclic amines) is 1. The molecule has 7 heteroatoms. The van der Waals surface area contributed by atoms with E-state index in [2.05, 4.69) is 24.3 Å². The lowest BCUT2D eigenvalue weighted by Crippen LogP contribution is -2.49. The molecule has 0 aromatic heterocycles. The minimum Gasteiger partial charge on any atom is -0.496 e. The molecule has 2 aliphatic heterocycles. The van der Waals surface area contributed by atoms with Crippen molar-refractivity contribution in [3.63, 3.8) is 0 Å². The van der Waals surface area contributed by atoms with Crippen molar-refractivity contribution < 1.29 is 19.1 Å². The summed E-state index contributed by atoms with van der Waals surface area (Å²) in [6, 6.07) is 13.8. The highest BCUT2D eigenvalue weighted by atomic mass is 16.5. The number of methoxy groups -OCH3 is 1. The summed E-state index contributed by atoms with van der Waals surface area (Å²) >= 11 is 0. The molecule has 6 rings (SSSR count). The Kier molecular flexibility index (Phi) is 7.55. The maximum absolute atomic E-state index is 13.7. The number of hydrogen-bond acceptors (Lipinski definition) is 5. The molecule has 208 valence electrons. The summed E-state index contributed by atoms with van der Waals surface area (Å²) in [5, 5.41) is 6.95. The molecule has 4 aliphatic rings. The number of allylic oxidation sites excluding steroid dienone is 2. The Bertz CT molecular complexity index is 1350. The third-order valence-corrected chi connectivity index (χ3v) is 8.97. The highest BCUT2D eigenvalue weighted by Crippen LogP contribution is 2.39. The number of fused-ring (bicyclic) bond motifs is 1. The summed E-state index contributed by atoms with van der Waals surface area (Å²) in [4.78, 5) is 39.8. The Balaban J connectivity index is 1.34. The molecule has 2 heterocycles. The van der Waals surface area contributed by atoms with Crippen molar-refractivity contribution in [2.24, 2.45) is 16.9 Å². The average molecular weight is 540 g/mol. The minimum absolute atomic E-state index is 0.0592. The monoisotopic (exact) mass is 539 g/mol. The van der Waals surface area contributed by atoms with E-state index in [9.17, 15) is 14.4 Å². The van der Waals surface area contributed by atoms with Crippen molar-refractivity contribution >= 4 is 23.3 Å². The Labute approximate surface area is 235 Å². The number of carbonyl (C=O) groups is 3. The summed E-state index contributed by atoms with van der Waals surface area (Å²) in [5.74, 6) is 0.888. The van der Waals surface area contributed by atoms with Crippen molar-refractivity contribution in [3.05, 3.63) is 65.7 Å². The predicted octanol–water partition coefficient (Wildman–Crippen LogP) is 5.63. The fraction of sp³-hybridized carbons (Fsp3) is 0.455. The first kappa shape index (κ1) is 26.5. The van der Waals surface area contributed by atoms with Crippen LogP contribution in [0.25, 0.3) is 11.1 Å². The molecule has 7 nitrogen and oxygen atoms in total. The molecule has 0 spiro atoms. The maximum atomic E-state index is 13.7. The van der Waals surface area contributed by atoms with Crippen molar-refractivity contribution in [2.45, 2.75) is 63.8 Å². The minimum atomic E-state index is -0.116. The number of ether oxygens (including phenoxy) is 1. The molecule has 1 saturated carbocycles. The van der Waals surface area contributed by atoms with Crippen LogP contribution in [0.5, 0.6) is 5.75 Å². The topological polar surface area (TPSA) is 79.3 Å². The van der Waals surface area contributed by atoms with Gasteiger partial charge in [0.05, 0.1) is 31.3 Å². The van der Waals surface area contributed by atoms with E-state index in [0.29, 0.717) is 18.5 Å². The van der Waals surface area contributed by atoms with E-state index >= 15 is 0 Å². The van der Waals surface area contributed by atoms with Gasteiger partial charge in [0.1, 0.15) is 5.75 Å². The van der Waals surface area contributed by atoms with E-state index in [1.165, 1.54) is 12.8 Å². The standard InChI is InChI=1S/C33H37N3O4/c1-40-30-17-16-24(20-29(30)22-12-14-23(15-13-22)32(38)35-19-18-26(37)21-35)31-27-10-6-7-11-28(27)33(39)36(34-31)25-8-4-2-3-5-9-25/h6-7,12-17,20,25,27-28H,2-5,8-11,18-19,21H2,1H3/t27-,28+/m0/s1. The van der Waals surface area contributed by atoms with E-state index in [0.717, 1.165) is 66.7 Å². The second kappa shape index (κ2) is 11.4. The first-order chi connectivity index (χ1) is 19.5. The molecule has 1 saturated heterocycles. The summed E-state index contributed by atoms with van der Waals surface area (Å²) < 4.78 is 5.74. The van der Waals surface area contributed by atoms with Gasteiger partial charge in [-0.1, -0.05) is 50.0 Å². The van der Waals surface area contributed by atoms with E-state index in [4.69, 9.17) is 9.84 Å². The van der Waals surface area contributed by atoms with E-state index in [1.807, 2.05) is 35.3 Å². The normalized spacial score (nSPS) is 23.6. The predicted molar refractivity (Wildman–Crippen MR) is 154 cm³/mol. The molecule has 2 aliphatic carbocycles. The number of carbonyl (C=O) groups excluding carboxylic acids is 3. The highest BCUT2D eigenvalue weighted by Gasteiger charge is 2.42. The van der Waals surface area contributed by atoms with Gasteiger partial charge in [-0.05, 0) is 67.1 Å². The van der Waals surface area contributed by atoms with Gasteiger partial charge in [-0.15, -0.1) is 0 Å². The number of ketones is 1. The van der Waals surface area contributed by atoms with Gasteiger partial charge in [0, 0.05) is 30.0 Å². The zero-order valence-corrected chi connectivity index (χ0v) is 23.2. The molecule has 0 unspecified atom stereocenters. The lowest BCUT2D eigenvalue weighted by Gasteiger charge is -2.40. The number of Topliss-reactive ketones (excluding diaryl/α,β-unsaturated/α-hetero) is 1. The Morgan fingerprint density at radius 1 is 0.900 bits per heavy atom. The Morgan fingerprint density at radius 3 is 2.27 bits per heavy atom. The van der Waals surface area contributed by atoms with Crippen molar-refractivity contribution in [1.82, 2.24) is 9.91 Å². The highest BCUT2D eigenvalue weighted by molar-refractivity contribution is 6.08. The molecule has 40 heavy (non-hydrogen) atoms.